The van der Waals surface area contributed by atoms with Crippen molar-refractivity contribution in [3.63, 3.8) is 0 Å². The normalized spacial score (nSPS) is 12.3. The number of pyridine rings is 4. The Morgan fingerprint density at radius 1 is 0.239 bits per heavy atom. The van der Waals surface area contributed by atoms with Crippen LogP contribution in [0.3, 0.4) is 0 Å². The van der Waals surface area contributed by atoms with E-state index in [9.17, 15) is 0 Å². The molecule has 0 aliphatic carbocycles. The minimum Gasteiger partial charge on any atom is -0.308 e. The number of aromatic nitrogens is 4. The second kappa shape index (κ2) is 22.4. The van der Waals surface area contributed by atoms with Crippen LogP contribution >= 0.6 is 0 Å². The fraction of sp³-hybridized carbons (Fsp3) is 0.250. The van der Waals surface area contributed by atoms with Gasteiger partial charge in [0.2, 0.25) is 0 Å². The molecule has 0 fully saturated rings. The number of hydrogen-bond acceptors (Lipinski definition) is 8. The topological polar surface area (TPSA) is 64.5 Å². The van der Waals surface area contributed by atoms with Crippen molar-refractivity contribution in [1.29, 1.82) is 0 Å². The summed E-state index contributed by atoms with van der Waals surface area (Å²) < 4.78 is 0. The number of hydrogen-bond donors (Lipinski definition) is 0. The van der Waals surface area contributed by atoms with Gasteiger partial charge in [0.05, 0.1) is 70.3 Å². The summed E-state index contributed by atoms with van der Waals surface area (Å²) in [6, 6.07) is 59.4. The second-order valence-electron chi connectivity index (χ2n) is 28.1. The summed E-state index contributed by atoms with van der Waals surface area (Å²) in [4.78, 5) is 29.3. The van der Waals surface area contributed by atoms with Gasteiger partial charge in [-0.15, -0.1) is 0 Å². The van der Waals surface area contributed by atoms with Crippen LogP contribution in [0.1, 0.15) is 128 Å². The molecule has 8 nitrogen and oxygen atoms in total. The molecule has 0 unspecified atom stereocenters. The van der Waals surface area contributed by atoms with Crippen molar-refractivity contribution >= 4 is 101 Å². The van der Waals surface area contributed by atoms with Crippen LogP contribution in [0.25, 0.3) is 32.3 Å². The highest BCUT2D eigenvalue weighted by Gasteiger charge is 2.32. The summed E-state index contributed by atoms with van der Waals surface area (Å²) in [6.07, 6.45) is 15.7. The Bertz CT molecular complexity index is 3940. The molecule has 0 amide bonds. The van der Waals surface area contributed by atoms with E-state index in [4.69, 9.17) is 19.9 Å². The molecule has 0 bridgehead atoms. The lowest BCUT2D eigenvalue weighted by Crippen LogP contribution is -2.18. The van der Waals surface area contributed by atoms with E-state index in [2.05, 4.69) is 288 Å². The Balaban J connectivity index is 1.30. The Morgan fingerprint density at radius 2 is 0.432 bits per heavy atom. The predicted molar refractivity (Wildman–Crippen MR) is 374 cm³/mol. The first-order chi connectivity index (χ1) is 41.9. The zero-order valence-corrected chi connectivity index (χ0v) is 54.2. The first kappa shape index (κ1) is 59.0. The van der Waals surface area contributed by atoms with E-state index in [0.29, 0.717) is 0 Å². The standard InChI is InChI=1S/C80H82N8/c1-51-37-41-81-47-71(51)85(59-25-17-55(18-26-59)77(5,6)7)67-45-68(86(72-48-82-42-38-52(72)2)60-27-19-56(20-28-60)78(8,9)10)64-35-36-66-70(88(74-50-84-44-40-54(74)4)62-31-23-58(24-32-62)80(14,15)16)46-69(65-34-33-63(67)75(64)76(65)66)87(73-49-83-43-39-53(73)3)61-29-21-57(22-30-61)79(11,12)13/h17-50H,1-16H3. The van der Waals surface area contributed by atoms with Gasteiger partial charge >= 0.3 is 0 Å². The molecular formula is C80H82N8. The molecule has 0 saturated carbocycles. The van der Waals surface area contributed by atoms with Crippen LogP contribution in [0.15, 0.2) is 207 Å². The van der Waals surface area contributed by atoms with Crippen LogP contribution in [-0.2, 0) is 21.7 Å². The first-order valence-corrected chi connectivity index (χ1v) is 30.9. The van der Waals surface area contributed by atoms with Gasteiger partial charge in [-0.2, -0.15) is 0 Å². The van der Waals surface area contributed by atoms with E-state index in [1.54, 1.807) is 0 Å². The van der Waals surface area contributed by atoms with Crippen LogP contribution < -0.4 is 19.6 Å². The third-order valence-electron chi connectivity index (χ3n) is 17.8. The molecular weight excluding hydrogens is 1070 g/mol. The molecule has 88 heavy (non-hydrogen) atoms. The van der Waals surface area contributed by atoms with Gasteiger partial charge < -0.3 is 19.6 Å². The van der Waals surface area contributed by atoms with Crippen LogP contribution in [0.5, 0.6) is 0 Å². The van der Waals surface area contributed by atoms with Gasteiger partial charge in [0.1, 0.15) is 0 Å². The average Bonchev–Trinajstić information content (AvgIpc) is 0.705. The van der Waals surface area contributed by atoms with Gasteiger partial charge in [-0.1, -0.05) is 156 Å². The van der Waals surface area contributed by atoms with Crippen LogP contribution in [0, 0.1) is 27.7 Å². The average molecular weight is 1160 g/mol. The van der Waals surface area contributed by atoms with Crippen molar-refractivity contribution in [2.45, 2.75) is 132 Å². The number of rotatable bonds is 12. The van der Waals surface area contributed by atoms with Gasteiger partial charge in [0.25, 0.3) is 0 Å². The minimum absolute atomic E-state index is 0.0541. The maximum Gasteiger partial charge on any atom is 0.0674 e. The number of aryl methyl sites for hydroxylation is 4. The molecule has 12 rings (SSSR count). The highest BCUT2D eigenvalue weighted by atomic mass is 15.2. The molecule has 0 saturated heterocycles. The summed E-state index contributed by atoms with van der Waals surface area (Å²) in [5.41, 5.74) is 21.3. The molecule has 0 spiro atoms. The molecule has 0 radical (unpaired) electrons. The second-order valence-corrected chi connectivity index (χ2v) is 28.1. The number of benzene rings is 8. The predicted octanol–water partition coefficient (Wildman–Crippen LogP) is 22.5. The lowest BCUT2D eigenvalue weighted by Gasteiger charge is -2.35. The zero-order valence-electron chi connectivity index (χ0n) is 54.2. The molecule has 12 aromatic rings. The van der Waals surface area contributed by atoms with Crippen molar-refractivity contribution in [2.75, 3.05) is 19.6 Å². The third kappa shape index (κ3) is 10.9. The van der Waals surface area contributed by atoms with E-state index in [-0.39, 0.29) is 21.7 Å². The smallest absolute Gasteiger partial charge is 0.0674 e. The van der Waals surface area contributed by atoms with Gasteiger partial charge in [-0.05, 0) is 179 Å². The molecule has 0 aliphatic heterocycles. The summed E-state index contributed by atoms with van der Waals surface area (Å²) in [5.74, 6) is 0. The Labute approximate surface area is 521 Å². The Morgan fingerprint density at radius 3 is 0.602 bits per heavy atom. The van der Waals surface area contributed by atoms with Crippen molar-refractivity contribution in [3.05, 3.63) is 252 Å². The molecule has 8 heteroatoms. The van der Waals surface area contributed by atoms with Crippen molar-refractivity contribution in [3.8, 4) is 0 Å². The maximum atomic E-state index is 4.88. The number of anilines is 12. The summed E-state index contributed by atoms with van der Waals surface area (Å²) in [7, 11) is 0. The summed E-state index contributed by atoms with van der Waals surface area (Å²) in [6.45, 7) is 36.1. The Hall–Kier alpha value is -9.40. The lowest BCUT2D eigenvalue weighted by atomic mass is 9.86. The van der Waals surface area contributed by atoms with Crippen LogP contribution in [-0.4, -0.2) is 19.9 Å². The van der Waals surface area contributed by atoms with Crippen LogP contribution in [0.2, 0.25) is 0 Å². The largest absolute Gasteiger partial charge is 0.308 e. The fourth-order valence-electron chi connectivity index (χ4n) is 12.5. The fourth-order valence-corrected chi connectivity index (χ4v) is 12.5. The monoisotopic (exact) mass is 1150 g/mol. The van der Waals surface area contributed by atoms with Gasteiger partial charge in [-0.3, -0.25) is 19.9 Å². The quantitative estimate of drug-likeness (QED) is 0.112. The van der Waals surface area contributed by atoms with Crippen LogP contribution in [0.4, 0.5) is 68.2 Å². The Kier molecular flexibility index (Phi) is 15.0. The first-order valence-electron chi connectivity index (χ1n) is 30.9. The molecule has 0 atom stereocenters. The van der Waals surface area contributed by atoms with Gasteiger partial charge in [-0.25, -0.2) is 0 Å². The minimum atomic E-state index is -0.0541. The van der Waals surface area contributed by atoms with E-state index >= 15 is 0 Å². The summed E-state index contributed by atoms with van der Waals surface area (Å²) in [5, 5.41) is 6.60. The third-order valence-corrected chi connectivity index (χ3v) is 17.8. The van der Waals surface area contributed by atoms with E-state index in [1.165, 1.54) is 22.3 Å². The van der Waals surface area contributed by atoms with Gasteiger partial charge in [0, 0.05) is 79.9 Å². The van der Waals surface area contributed by atoms with Crippen molar-refractivity contribution < 1.29 is 0 Å². The molecule has 0 aliphatic rings. The van der Waals surface area contributed by atoms with Gasteiger partial charge in [0.15, 0.2) is 0 Å². The zero-order chi connectivity index (χ0) is 62.2. The van der Waals surface area contributed by atoms with E-state index in [0.717, 1.165) is 123 Å². The lowest BCUT2D eigenvalue weighted by molar-refractivity contribution is 0.590. The van der Waals surface area contributed by atoms with E-state index in [1.807, 2.05) is 49.6 Å². The van der Waals surface area contributed by atoms with Crippen molar-refractivity contribution in [2.24, 2.45) is 0 Å². The number of nitrogens with zero attached hydrogens (tertiary/aromatic N) is 8. The molecule has 442 valence electrons. The molecule has 0 N–H and O–H groups in total. The van der Waals surface area contributed by atoms with E-state index < -0.39 is 0 Å². The maximum absolute atomic E-state index is 4.88. The SMILES string of the molecule is Cc1ccncc1N(c1ccc(C(C)(C)C)cc1)c1cc(N(c2ccc(C(C)(C)C)cc2)c2cnccc2C)c2ccc3c(N(c4ccc(C(C)(C)C)cc4)c4cnccc4C)cc(N(c4ccc(C(C)(C)C)cc4)c4cnccc4C)c4ccc1c2c43. The molecule has 8 aromatic carbocycles. The van der Waals surface area contributed by atoms with Crippen molar-refractivity contribution in [1.82, 2.24) is 19.9 Å². The highest BCUT2D eigenvalue weighted by Crippen LogP contribution is 2.56. The molecule has 4 aromatic heterocycles. The molecule has 4 heterocycles. The summed E-state index contributed by atoms with van der Waals surface area (Å²) >= 11 is 0. The highest BCUT2D eigenvalue weighted by molar-refractivity contribution is 6.33.